The van der Waals surface area contributed by atoms with E-state index in [9.17, 15) is 0 Å². The minimum atomic E-state index is 0.630. The Kier molecular flexibility index (Phi) is 7.81. The minimum absolute atomic E-state index is 0.630. The maximum absolute atomic E-state index is 5.22. The molecule has 0 radical (unpaired) electrons. The smallest absolute Gasteiger partial charge is 0.164 e. The quantitative estimate of drug-likeness (QED) is 0.175. The third-order valence-corrected chi connectivity index (χ3v) is 10.3. The second-order valence-electron chi connectivity index (χ2n) is 13.6. The Morgan fingerprint density at radius 2 is 0.685 bits per heavy atom. The lowest BCUT2D eigenvalue weighted by molar-refractivity contribution is 1.07. The number of nitrogens with zero attached hydrogens (tertiary/aromatic N) is 3. The van der Waals surface area contributed by atoms with E-state index >= 15 is 0 Å². The first-order valence-electron chi connectivity index (χ1n) is 18.3. The van der Waals surface area contributed by atoms with Gasteiger partial charge in [0, 0.05) is 16.7 Å². The maximum atomic E-state index is 5.22. The Morgan fingerprint density at radius 3 is 1.43 bits per heavy atom. The number of aromatic nitrogens is 3. The van der Waals surface area contributed by atoms with Crippen LogP contribution < -0.4 is 0 Å². The molecule has 0 bridgehead atoms. The molecule has 0 spiro atoms. The summed E-state index contributed by atoms with van der Waals surface area (Å²) >= 11 is 0. The number of hydrogen-bond acceptors (Lipinski definition) is 3. The van der Waals surface area contributed by atoms with Gasteiger partial charge < -0.3 is 0 Å². The molecule has 0 amide bonds. The van der Waals surface area contributed by atoms with Gasteiger partial charge in [0.05, 0.1) is 0 Å². The van der Waals surface area contributed by atoms with Crippen molar-refractivity contribution in [2.24, 2.45) is 0 Å². The topological polar surface area (TPSA) is 38.7 Å². The molecule has 3 nitrogen and oxygen atoms in total. The van der Waals surface area contributed by atoms with Crippen LogP contribution in [0.15, 0.2) is 200 Å². The Balaban J connectivity index is 1.10. The van der Waals surface area contributed by atoms with E-state index in [0.717, 1.165) is 44.3 Å². The van der Waals surface area contributed by atoms with E-state index in [2.05, 4.69) is 200 Å². The van der Waals surface area contributed by atoms with Gasteiger partial charge in [-0.05, 0) is 77.8 Å². The van der Waals surface area contributed by atoms with Crippen molar-refractivity contribution in [1.29, 1.82) is 0 Å². The summed E-state index contributed by atoms with van der Waals surface area (Å²) in [5.41, 5.74) is 9.71. The molecule has 0 aliphatic carbocycles. The first-order valence-corrected chi connectivity index (χ1v) is 18.3. The molecule has 0 unspecified atom stereocenters. The average Bonchev–Trinajstić information content (AvgIpc) is 3.26. The van der Waals surface area contributed by atoms with E-state index in [0.29, 0.717) is 17.5 Å². The number of fused-ring (bicyclic) bond motifs is 3. The summed E-state index contributed by atoms with van der Waals surface area (Å²) in [7, 11) is 0. The third-order valence-electron chi connectivity index (χ3n) is 10.3. The summed E-state index contributed by atoms with van der Waals surface area (Å²) in [5.74, 6) is 1.90. The van der Waals surface area contributed by atoms with Crippen molar-refractivity contribution in [2.75, 3.05) is 0 Å². The Labute approximate surface area is 313 Å². The van der Waals surface area contributed by atoms with Gasteiger partial charge in [-0.3, -0.25) is 0 Å². The van der Waals surface area contributed by atoms with Crippen LogP contribution >= 0.6 is 0 Å². The summed E-state index contributed by atoms with van der Waals surface area (Å²) in [6.07, 6.45) is 0. The zero-order chi connectivity index (χ0) is 35.8. The van der Waals surface area contributed by atoms with E-state index in [4.69, 9.17) is 15.0 Å². The molecular weight excluding hydrogens is 655 g/mol. The molecule has 3 heteroatoms. The van der Waals surface area contributed by atoms with Gasteiger partial charge in [0.15, 0.2) is 17.5 Å². The second kappa shape index (κ2) is 13.4. The van der Waals surface area contributed by atoms with E-state index in [1.165, 1.54) is 38.1 Å². The highest BCUT2D eigenvalue weighted by molar-refractivity contribution is 6.00. The number of benzene rings is 9. The monoisotopic (exact) mass is 687 g/mol. The van der Waals surface area contributed by atoms with Crippen molar-refractivity contribution >= 4 is 32.3 Å². The zero-order valence-electron chi connectivity index (χ0n) is 29.4. The fraction of sp³-hybridized carbons (Fsp3) is 0. The summed E-state index contributed by atoms with van der Waals surface area (Å²) < 4.78 is 0. The molecule has 10 aromatic rings. The molecule has 10 rings (SSSR count). The van der Waals surface area contributed by atoms with Crippen LogP contribution in [0.4, 0.5) is 0 Å². The Bertz CT molecular complexity index is 2990. The number of rotatable bonds is 6. The highest BCUT2D eigenvalue weighted by atomic mass is 15.0. The van der Waals surface area contributed by atoms with Crippen LogP contribution in [0.25, 0.3) is 99.9 Å². The van der Waals surface area contributed by atoms with Gasteiger partial charge in [0.1, 0.15) is 0 Å². The van der Waals surface area contributed by atoms with Crippen molar-refractivity contribution in [1.82, 2.24) is 15.0 Å². The summed E-state index contributed by atoms with van der Waals surface area (Å²) in [5, 5.41) is 7.20. The van der Waals surface area contributed by atoms with Gasteiger partial charge in [-0.2, -0.15) is 0 Å². The molecule has 0 saturated heterocycles. The molecule has 0 atom stereocenters. The summed E-state index contributed by atoms with van der Waals surface area (Å²) in [6.45, 7) is 0. The lowest BCUT2D eigenvalue weighted by atomic mass is 9.94. The van der Waals surface area contributed by atoms with E-state index in [1.54, 1.807) is 0 Å². The molecular formula is C51H33N3. The first-order chi connectivity index (χ1) is 26.7. The van der Waals surface area contributed by atoms with Crippen molar-refractivity contribution in [3.05, 3.63) is 200 Å². The van der Waals surface area contributed by atoms with Crippen LogP contribution in [0.5, 0.6) is 0 Å². The standard InChI is InChI=1S/C51H33N3/c1-2-15-39-33-42(31-28-34(39)12-1)50-52-49(53-51(54-50)48-23-8-7-22-47(48)46-25-11-17-37-14-4-6-21-45(37)46)41-19-9-18-40(32-41)35-26-29-38(30-27-35)44-24-10-16-36-13-3-5-20-43(36)44/h1-33H. The van der Waals surface area contributed by atoms with Crippen LogP contribution in [-0.4, -0.2) is 15.0 Å². The molecule has 252 valence electrons. The van der Waals surface area contributed by atoms with Crippen LogP contribution in [-0.2, 0) is 0 Å². The SMILES string of the molecule is c1cc(-c2ccc(-c3cccc4ccccc34)cc2)cc(-c2nc(-c3ccc4ccccc4c3)nc(-c3ccccc3-c3cccc4ccccc34)n2)c1. The summed E-state index contributed by atoms with van der Waals surface area (Å²) in [4.78, 5) is 15.6. The normalized spacial score (nSPS) is 11.3. The minimum Gasteiger partial charge on any atom is -0.208 e. The lowest BCUT2D eigenvalue weighted by Crippen LogP contribution is -2.01. The lowest BCUT2D eigenvalue weighted by Gasteiger charge is -2.14. The van der Waals surface area contributed by atoms with Crippen LogP contribution in [0.2, 0.25) is 0 Å². The average molecular weight is 688 g/mol. The largest absolute Gasteiger partial charge is 0.208 e. The van der Waals surface area contributed by atoms with E-state index in [-0.39, 0.29) is 0 Å². The molecule has 0 saturated carbocycles. The van der Waals surface area contributed by atoms with Crippen LogP contribution in [0.1, 0.15) is 0 Å². The first kappa shape index (κ1) is 31.5. The predicted octanol–water partition coefficient (Wildman–Crippen LogP) is 13.3. The van der Waals surface area contributed by atoms with E-state index < -0.39 is 0 Å². The predicted molar refractivity (Wildman–Crippen MR) is 225 cm³/mol. The van der Waals surface area contributed by atoms with Crippen molar-refractivity contribution in [3.8, 4) is 67.5 Å². The van der Waals surface area contributed by atoms with Crippen molar-refractivity contribution < 1.29 is 0 Å². The molecule has 0 fully saturated rings. The maximum Gasteiger partial charge on any atom is 0.164 e. The molecule has 0 N–H and O–H groups in total. The Hall–Kier alpha value is -7.23. The molecule has 9 aromatic carbocycles. The third kappa shape index (κ3) is 5.78. The highest BCUT2D eigenvalue weighted by Gasteiger charge is 2.17. The van der Waals surface area contributed by atoms with Gasteiger partial charge in [0.25, 0.3) is 0 Å². The summed E-state index contributed by atoms with van der Waals surface area (Å²) in [6, 6.07) is 70.6. The van der Waals surface area contributed by atoms with Gasteiger partial charge in [-0.25, -0.2) is 15.0 Å². The zero-order valence-corrected chi connectivity index (χ0v) is 29.4. The fourth-order valence-corrected chi connectivity index (χ4v) is 7.61. The second-order valence-corrected chi connectivity index (χ2v) is 13.6. The van der Waals surface area contributed by atoms with Crippen LogP contribution in [0, 0.1) is 0 Å². The molecule has 54 heavy (non-hydrogen) atoms. The van der Waals surface area contributed by atoms with E-state index in [1.807, 2.05) is 0 Å². The molecule has 0 aliphatic heterocycles. The van der Waals surface area contributed by atoms with Gasteiger partial charge in [-0.1, -0.05) is 188 Å². The highest BCUT2D eigenvalue weighted by Crippen LogP contribution is 2.37. The molecule has 1 heterocycles. The van der Waals surface area contributed by atoms with Crippen molar-refractivity contribution in [2.45, 2.75) is 0 Å². The van der Waals surface area contributed by atoms with Gasteiger partial charge in [-0.15, -0.1) is 0 Å². The van der Waals surface area contributed by atoms with Crippen LogP contribution in [0.3, 0.4) is 0 Å². The van der Waals surface area contributed by atoms with Crippen molar-refractivity contribution in [3.63, 3.8) is 0 Å². The fourth-order valence-electron chi connectivity index (χ4n) is 7.61. The number of hydrogen-bond donors (Lipinski definition) is 0. The van der Waals surface area contributed by atoms with Gasteiger partial charge in [0.2, 0.25) is 0 Å². The molecule has 0 aliphatic rings. The van der Waals surface area contributed by atoms with Gasteiger partial charge >= 0.3 is 0 Å². The molecule has 1 aromatic heterocycles. The Morgan fingerprint density at radius 1 is 0.222 bits per heavy atom.